The molecule has 0 aliphatic rings. The van der Waals surface area contributed by atoms with E-state index in [9.17, 15) is 4.79 Å². The molecule has 0 aliphatic heterocycles. The summed E-state index contributed by atoms with van der Waals surface area (Å²) in [6, 6.07) is 8.54. The molecule has 0 heterocycles. The molecule has 1 aromatic carbocycles. The lowest BCUT2D eigenvalue weighted by Crippen LogP contribution is -2.38. The van der Waals surface area contributed by atoms with Gasteiger partial charge in [0, 0.05) is 12.9 Å². The lowest BCUT2D eigenvalue weighted by atomic mass is 10.1. The number of aliphatic carboxylic acids is 1. The number of hydroxylamine groups is 1. The van der Waals surface area contributed by atoms with Crippen LogP contribution in [-0.4, -0.2) is 31.5 Å². The number of hydrogen-bond donors (Lipinski definition) is 2. The van der Waals surface area contributed by atoms with E-state index in [0.717, 1.165) is 5.56 Å². The first kappa shape index (κ1) is 11.7. The molecule has 0 amide bonds. The molecule has 0 spiro atoms. The van der Waals surface area contributed by atoms with Gasteiger partial charge in [-0.15, -0.1) is 0 Å². The van der Waals surface area contributed by atoms with E-state index in [0.29, 0.717) is 6.42 Å². The summed E-state index contributed by atoms with van der Waals surface area (Å²) in [6.45, 7) is -0.0570. The van der Waals surface area contributed by atoms with Crippen molar-refractivity contribution in [1.82, 2.24) is 5.48 Å². The molecule has 0 bridgehead atoms. The summed E-state index contributed by atoms with van der Waals surface area (Å²) in [5.41, 5.74) is 3.32. The zero-order valence-electron chi connectivity index (χ0n) is 8.22. The van der Waals surface area contributed by atoms with Gasteiger partial charge in [-0.25, -0.2) is 0 Å². The Labute approximate surface area is 89.6 Å². The first-order valence-corrected chi connectivity index (χ1v) is 4.58. The highest BCUT2D eigenvalue weighted by molar-refractivity contribution is 6.08. The van der Waals surface area contributed by atoms with Gasteiger partial charge in [0.1, 0.15) is 13.9 Å². The van der Waals surface area contributed by atoms with Crippen LogP contribution < -0.4 is 5.48 Å². The molecule has 0 saturated carbocycles. The van der Waals surface area contributed by atoms with Crippen molar-refractivity contribution in [2.45, 2.75) is 12.5 Å². The third-order valence-electron chi connectivity index (χ3n) is 1.89. The van der Waals surface area contributed by atoms with Crippen molar-refractivity contribution in [2.75, 3.05) is 6.51 Å². The molecule has 5 heteroatoms. The van der Waals surface area contributed by atoms with Gasteiger partial charge >= 0.3 is 5.97 Å². The highest BCUT2D eigenvalue weighted by Gasteiger charge is 2.17. The largest absolute Gasteiger partial charge is 0.480 e. The fraction of sp³-hybridized carbons (Fsp3) is 0.300. The molecular formula is C10H12BNO3. The van der Waals surface area contributed by atoms with Crippen LogP contribution in [0.25, 0.3) is 0 Å². The summed E-state index contributed by atoms with van der Waals surface area (Å²) in [4.78, 5) is 15.5. The molecule has 4 nitrogen and oxygen atoms in total. The maximum Gasteiger partial charge on any atom is 0.323 e. The normalized spacial score (nSPS) is 12.3. The van der Waals surface area contributed by atoms with Crippen molar-refractivity contribution in [3.8, 4) is 0 Å². The molecule has 0 unspecified atom stereocenters. The van der Waals surface area contributed by atoms with E-state index in [-0.39, 0.29) is 6.51 Å². The molecule has 15 heavy (non-hydrogen) atoms. The predicted molar refractivity (Wildman–Crippen MR) is 56.4 cm³/mol. The van der Waals surface area contributed by atoms with Crippen LogP contribution >= 0.6 is 0 Å². The average Bonchev–Trinajstić information content (AvgIpc) is 2.25. The molecule has 2 N–H and O–H groups in total. The smallest absolute Gasteiger partial charge is 0.323 e. The SMILES string of the molecule is [B]CON[C@H](Cc1ccccc1)C(=O)O. The molecule has 78 valence electrons. The van der Waals surface area contributed by atoms with E-state index < -0.39 is 12.0 Å². The monoisotopic (exact) mass is 205 g/mol. The Morgan fingerprint density at radius 1 is 1.47 bits per heavy atom. The number of nitrogens with one attached hydrogen (secondary N) is 1. The van der Waals surface area contributed by atoms with Crippen LogP contribution in [-0.2, 0) is 16.1 Å². The maximum absolute atomic E-state index is 10.8. The zero-order valence-corrected chi connectivity index (χ0v) is 8.22. The minimum atomic E-state index is -0.965. The van der Waals surface area contributed by atoms with Gasteiger partial charge in [-0.2, -0.15) is 5.48 Å². The number of carboxylic acid groups (broad SMARTS) is 1. The summed E-state index contributed by atoms with van der Waals surface area (Å²) in [5.74, 6) is -0.965. The Kier molecular flexibility index (Phi) is 4.87. The van der Waals surface area contributed by atoms with Gasteiger partial charge in [-0.3, -0.25) is 4.79 Å². The van der Waals surface area contributed by atoms with E-state index >= 15 is 0 Å². The Morgan fingerprint density at radius 2 is 2.13 bits per heavy atom. The highest BCUT2D eigenvalue weighted by atomic mass is 16.6. The first-order valence-electron chi connectivity index (χ1n) is 4.58. The standard InChI is InChI=1S/C10H12BNO3/c11-7-15-12-9(10(13)14)6-8-4-2-1-3-5-8/h1-5,9,12H,6-7H2,(H,13,14)/t9-/m1/s1. The lowest BCUT2D eigenvalue weighted by Gasteiger charge is -2.13. The Balaban J connectivity index is 2.55. The van der Waals surface area contributed by atoms with Crippen LogP contribution in [0, 0.1) is 0 Å². The van der Waals surface area contributed by atoms with E-state index in [1.165, 1.54) is 0 Å². The van der Waals surface area contributed by atoms with Gasteiger partial charge in [-0.1, -0.05) is 30.3 Å². The van der Waals surface area contributed by atoms with E-state index in [1.54, 1.807) is 0 Å². The molecule has 0 fully saturated rings. The summed E-state index contributed by atoms with van der Waals surface area (Å²) >= 11 is 0. The van der Waals surface area contributed by atoms with E-state index in [2.05, 4.69) is 10.3 Å². The summed E-state index contributed by atoms with van der Waals surface area (Å²) in [5, 5.41) is 8.88. The van der Waals surface area contributed by atoms with Crippen molar-refractivity contribution in [2.24, 2.45) is 0 Å². The van der Waals surface area contributed by atoms with Crippen LogP contribution in [0.15, 0.2) is 30.3 Å². The van der Waals surface area contributed by atoms with E-state index in [1.807, 2.05) is 30.3 Å². The Hall–Kier alpha value is -1.33. The predicted octanol–water partition coefficient (Wildman–Crippen LogP) is 0.329. The fourth-order valence-corrected chi connectivity index (χ4v) is 1.18. The van der Waals surface area contributed by atoms with Crippen LogP contribution in [0.3, 0.4) is 0 Å². The van der Waals surface area contributed by atoms with Gasteiger partial charge in [-0.05, 0) is 5.56 Å². The Morgan fingerprint density at radius 3 is 2.67 bits per heavy atom. The summed E-state index contributed by atoms with van der Waals surface area (Å²) in [7, 11) is 5.09. The minimum Gasteiger partial charge on any atom is -0.480 e. The third kappa shape index (κ3) is 4.14. The molecule has 1 aromatic rings. The quantitative estimate of drug-likeness (QED) is 0.519. The fourth-order valence-electron chi connectivity index (χ4n) is 1.18. The van der Waals surface area contributed by atoms with Gasteiger partial charge in [0.15, 0.2) is 0 Å². The number of rotatable bonds is 6. The van der Waals surface area contributed by atoms with Gasteiger partial charge in [0.25, 0.3) is 0 Å². The van der Waals surface area contributed by atoms with Gasteiger partial charge < -0.3 is 9.94 Å². The average molecular weight is 205 g/mol. The Bertz CT molecular complexity index is 305. The second kappa shape index (κ2) is 6.21. The number of hydrogen-bond acceptors (Lipinski definition) is 3. The highest BCUT2D eigenvalue weighted by Crippen LogP contribution is 2.03. The maximum atomic E-state index is 10.8. The minimum absolute atomic E-state index is 0.0570. The molecular weight excluding hydrogens is 193 g/mol. The molecule has 0 aromatic heterocycles. The second-order valence-corrected chi connectivity index (χ2v) is 3.01. The molecule has 1 rings (SSSR count). The van der Waals surface area contributed by atoms with Crippen LogP contribution in [0.5, 0.6) is 0 Å². The summed E-state index contributed by atoms with van der Waals surface area (Å²) < 4.78 is 0. The van der Waals surface area contributed by atoms with Crippen molar-refractivity contribution in [3.05, 3.63) is 35.9 Å². The zero-order chi connectivity index (χ0) is 11.1. The van der Waals surface area contributed by atoms with E-state index in [4.69, 9.17) is 13.0 Å². The van der Waals surface area contributed by atoms with Crippen LogP contribution in [0.2, 0.25) is 0 Å². The molecule has 0 saturated heterocycles. The topological polar surface area (TPSA) is 58.6 Å². The van der Waals surface area contributed by atoms with Gasteiger partial charge in [0.05, 0.1) is 0 Å². The third-order valence-corrected chi connectivity index (χ3v) is 1.89. The van der Waals surface area contributed by atoms with Crippen LogP contribution in [0.4, 0.5) is 0 Å². The number of benzene rings is 1. The first-order chi connectivity index (χ1) is 7.24. The lowest BCUT2D eigenvalue weighted by molar-refractivity contribution is -0.143. The van der Waals surface area contributed by atoms with Crippen LogP contribution in [0.1, 0.15) is 5.56 Å². The van der Waals surface area contributed by atoms with Crippen molar-refractivity contribution in [3.63, 3.8) is 0 Å². The molecule has 1 atom stereocenters. The molecule has 2 radical (unpaired) electrons. The second-order valence-electron chi connectivity index (χ2n) is 3.01. The van der Waals surface area contributed by atoms with Crippen molar-refractivity contribution >= 4 is 13.8 Å². The van der Waals surface area contributed by atoms with Crippen molar-refractivity contribution in [1.29, 1.82) is 0 Å². The molecule has 0 aliphatic carbocycles. The summed E-state index contributed by atoms with van der Waals surface area (Å²) in [6.07, 6.45) is 0.357. The van der Waals surface area contributed by atoms with Gasteiger partial charge in [0.2, 0.25) is 0 Å². The number of carboxylic acids is 1. The van der Waals surface area contributed by atoms with Crippen molar-refractivity contribution < 1.29 is 14.7 Å². The number of carbonyl (C=O) groups is 1.